The molecule has 1 fully saturated rings. The number of rotatable bonds is 3. The summed E-state index contributed by atoms with van der Waals surface area (Å²) in [5.74, 6) is 1.60. The molecule has 5 heteroatoms. The van der Waals surface area contributed by atoms with E-state index in [1.807, 2.05) is 17.8 Å². The summed E-state index contributed by atoms with van der Waals surface area (Å²) in [4.78, 5) is 10.7. The van der Waals surface area contributed by atoms with E-state index in [2.05, 4.69) is 15.9 Å². The van der Waals surface area contributed by atoms with Crippen molar-refractivity contribution in [2.24, 2.45) is 0 Å². The summed E-state index contributed by atoms with van der Waals surface area (Å²) < 4.78 is 0.891. The van der Waals surface area contributed by atoms with Gasteiger partial charge >= 0.3 is 5.97 Å². The van der Waals surface area contributed by atoms with Crippen LogP contribution in [0.1, 0.15) is 29.6 Å². The van der Waals surface area contributed by atoms with Gasteiger partial charge in [0, 0.05) is 10.2 Å². The summed E-state index contributed by atoms with van der Waals surface area (Å²) in [5, 5.41) is 18.2. The Morgan fingerprint density at radius 3 is 2.82 bits per heavy atom. The van der Waals surface area contributed by atoms with E-state index in [0.717, 1.165) is 16.6 Å². The fraction of sp³-hybridized carbons (Fsp3) is 0.417. The smallest absolute Gasteiger partial charge is 0.337 e. The van der Waals surface area contributed by atoms with Crippen LogP contribution < -0.4 is 0 Å². The van der Waals surface area contributed by atoms with Gasteiger partial charge in [-0.1, -0.05) is 28.1 Å². The first-order chi connectivity index (χ1) is 8.09. The number of carbonyl (C=O) groups is 1. The zero-order valence-electron chi connectivity index (χ0n) is 9.10. The lowest BCUT2D eigenvalue weighted by Gasteiger charge is -2.13. The fourth-order valence-corrected chi connectivity index (χ4v) is 3.94. The summed E-state index contributed by atoms with van der Waals surface area (Å²) in [7, 11) is 0. The zero-order valence-corrected chi connectivity index (χ0v) is 11.5. The first kappa shape index (κ1) is 12.9. The van der Waals surface area contributed by atoms with Gasteiger partial charge in [0.2, 0.25) is 0 Å². The molecule has 1 aliphatic rings. The van der Waals surface area contributed by atoms with Crippen LogP contribution in [0.15, 0.2) is 22.7 Å². The van der Waals surface area contributed by atoms with Crippen molar-refractivity contribution in [1.29, 1.82) is 0 Å². The average Bonchev–Trinajstić information content (AvgIpc) is 2.81. The van der Waals surface area contributed by atoms with Gasteiger partial charge in [0.05, 0.1) is 0 Å². The number of hydrogen-bond acceptors (Lipinski definition) is 3. The third kappa shape index (κ3) is 2.84. The number of aliphatic hydroxyl groups excluding tert-OH is 1. The Balaban J connectivity index is 2.25. The molecule has 0 amide bonds. The number of thioether (sulfide) groups is 1. The van der Waals surface area contributed by atoms with Crippen LogP contribution in [-0.4, -0.2) is 27.7 Å². The normalized spacial score (nSPS) is 21.4. The molecule has 2 atom stereocenters. The molecule has 2 unspecified atom stereocenters. The zero-order chi connectivity index (χ0) is 12.4. The Hall–Kier alpha value is -0.520. The highest BCUT2D eigenvalue weighted by Gasteiger charge is 2.22. The van der Waals surface area contributed by atoms with Crippen molar-refractivity contribution >= 4 is 33.7 Å². The van der Waals surface area contributed by atoms with E-state index >= 15 is 0 Å². The lowest BCUT2D eigenvalue weighted by molar-refractivity contribution is -0.146. The third-order valence-corrected chi connectivity index (χ3v) is 4.79. The van der Waals surface area contributed by atoms with E-state index in [9.17, 15) is 9.90 Å². The molecule has 0 aromatic heterocycles. The summed E-state index contributed by atoms with van der Waals surface area (Å²) in [6, 6.07) is 5.32. The molecule has 1 heterocycles. The van der Waals surface area contributed by atoms with E-state index in [1.165, 1.54) is 11.3 Å². The van der Waals surface area contributed by atoms with Crippen molar-refractivity contribution in [3.8, 4) is 0 Å². The van der Waals surface area contributed by atoms with Gasteiger partial charge < -0.3 is 10.2 Å². The van der Waals surface area contributed by atoms with Crippen molar-refractivity contribution in [3.63, 3.8) is 0 Å². The Bertz CT molecular complexity index is 430. The highest BCUT2D eigenvalue weighted by molar-refractivity contribution is 9.10. The van der Waals surface area contributed by atoms with Crippen molar-refractivity contribution < 1.29 is 15.0 Å². The van der Waals surface area contributed by atoms with Gasteiger partial charge in [-0.3, -0.25) is 0 Å². The number of benzene rings is 1. The van der Waals surface area contributed by atoms with Gasteiger partial charge in [-0.05, 0) is 35.3 Å². The van der Waals surface area contributed by atoms with Crippen molar-refractivity contribution in [2.75, 3.05) is 11.5 Å². The molecule has 17 heavy (non-hydrogen) atoms. The number of hydrogen-bond donors (Lipinski definition) is 2. The van der Waals surface area contributed by atoms with Gasteiger partial charge in [-0.15, -0.1) is 0 Å². The molecule has 0 aliphatic carbocycles. The second-order valence-corrected chi connectivity index (χ2v) is 6.09. The van der Waals surface area contributed by atoms with Crippen LogP contribution in [0.4, 0.5) is 0 Å². The van der Waals surface area contributed by atoms with Crippen molar-refractivity contribution in [2.45, 2.75) is 18.4 Å². The van der Waals surface area contributed by atoms with Gasteiger partial charge in [-0.25, -0.2) is 4.79 Å². The Labute approximate surface area is 112 Å². The summed E-state index contributed by atoms with van der Waals surface area (Å²) >= 11 is 5.40. The van der Waals surface area contributed by atoms with E-state index < -0.39 is 12.1 Å². The van der Waals surface area contributed by atoms with Gasteiger partial charge in [0.1, 0.15) is 0 Å². The highest BCUT2D eigenvalue weighted by atomic mass is 79.9. The fourth-order valence-electron chi connectivity index (χ4n) is 1.97. The molecular weight excluding hydrogens is 304 g/mol. The minimum Gasteiger partial charge on any atom is -0.479 e. The molecule has 0 saturated carbocycles. The number of aliphatic carboxylic acids is 1. The van der Waals surface area contributed by atoms with Crippen LogP contribution >= 0.6 is 27.7 Å². The lowest BCUT2D eigenvalue weighted by atomic mass is 9.96. The van der Waals surface area contributed by atoms with Gasteiger partial charge in [-0.2, -0.15) is 11.8 Å². The van der Waals surface area contributed by atoms with Crippen LogP contribution in [0.25, 0.3) is 0 Å². The number of halogens is 1. The number of carboxylic acid groups (broad SMARTS) is 1. The molecule has 2 rings (SSSR count). The largest absolute Gasteiger partial charge is 0.479 e. The maximum absolute atomic E-state index is 10.7. The second-order valence-electron chi connectivity index (χ2n) is 4.08. The SMILES string of the molecule is O=C(O)C(O)c1ccc(C2CCSC2)c(Br)c1. The Morgan fingerprint density at radius 1 is 1.53 bits per heavy atom. The first-order valence-electron chi connectivity index (χ1n) is 5.37. The van der Waals surface area contributed by atoms with Gasteiger partial charge in [0.15, 0.2) is 6.10 Å². The Morgan fingerprint density at radius 2 is 2.29 bits per heavy atom. The van der Waals surface area contributed by atoms with E-state index in [-0.39, 0.29) is 0 Å². The molecule has 1 aromatic rings. The topological polar surface area (TPSA) is 57.5 Å². The molecule has 0 bridgehead atoms. The molecule has 1 aromatic carbocycles. The Kier molecular flexibility index (Phi) is 4.12. The average molecular weight is 317 g/mol. The predicted molar refractivity (Wildman–Crippen MR) is 71.4 cm³/mol. The first-order valence-corrected chi connectivity index (χ1v) is 7.32. The molecule has 2 N–H and O–H groups in total. The highest BCUT2D eigenvalue weighted by Crippen LogP contribution is 2.37. The molecule has 1 aliphatic heterocycles. The summed E-state index contributed by atoms with van der Waals surface area (Å²) in [5.41, 5.74) is 1.62. The van der Waals surface area contributed by atoms with Crippen LogP contribution in [0.3, 0.4) is 0 Å². The quantitative estimate of drug-likeness (QED) is 0.900. The van der Waals surface area contributed by atoms with Crippen molar-refractivity contribution in [3.05, 3.63) is 33.8 Å². The molecule has 0 radical (unpaired) electrons. The predicted octanol–water partition coefficient (Wildman–Crippen LogP) is 2.79. The van der Waals surface area contributed by atoms with Crippen LogP contribution in [-0.2, 0) is 4.79 Å². The summed E-state index contributed by atoms with van der Waals surface area (Å²) in [6.07, 6.45) is -0.289. The van der Waals surface area contributed by atoms with Crippen molar-refractivity contribution in [1.82, 2.24) is 0 Å². The number of carboxylic acids is 1. The maximum Gasteiger partial charge on any atom is 0.337 e. The van der Waals surface area contributed by atoms with E-state index in [1.54, 1.807) is 12.1 Å². The maximum atomic E-state index is 10.7. The van der Waals surface area contributed by atoms with E-state index in [0.29, 0.717) is 11.5 Å². The minimum absolute atomic E-state index is 0.416. The molecule has 92 valence electrons. The standard InChI is InChI=1S/C12H13BrO3S/c13-10-5-7(11(14)12(15)16)1-2-9(10)8-3-4-17-6-8/h1-2,5,8,11,14H,3-4,6H2,(H,15,16). The summed E-state index contributed by atoms with van der Waals surface area (Å²) in [6.45, 7) is 0. The van der Waals surface area contributed by atoms with Crippen LogP contribution in [0.2, 0.25) is 0 Å². The van der Waals surface area contributed by atoms with Crippen LogP contribution in [0.5, 0.6) is 0 Å². The molecule has 1 saturated heterocycles. The number of aliphatic hydroxyl groups is 1. The lowest BCUT2D eigenvalue weighted by Crippen LogP contribution is -2.10. The minimum atomic E-state index is -1.45. The third-order valence-electron chi connectivity index (χ3n) is 2.94. The van der Waals surface area contributed by atoms with Crippen LogP contribution in [0, 0.1) is 0 Å². The van der Waals surface area contributed by atoms with E-state index in [4.69, 9.17) is 5.11 Å². The molecule has 3 nitrogen and oxygen atoms in total. The molecular formula is C12H13BrO3S. The monoisotopic (exact) mass is 316 g/mol. The molecule has 0 spiro atoms. The van der Waals surface area contributed by atoms with Gasteiger partial charge in [0.25, 0.3) is 0 Å². The second kappa shape index (κ2) is 5.42.